The van der Waals surface area contributed by atoms with Crippen molar-refractivity contribution in [1.29, 1.82) is 0 Å². The van der Waals surface area contributed by atoms with E-state index in [0.29, 0.717) is 5.56 Å². The van der Waals surface area contributed by atoms with Crippen molar-refractivity contribution in [1.82, 2.24) is 4.72 Å². The Bertz CT molecular complexity index is 651. The van der Waals surface area contributed by atoms with Gasteiger partial charge in [0.1, 0.15) is 0 Å². The van der Waals surface area contributed by atoms with Crippen LogP contribution in [0.5, 0.6) is 0 Å². The number of amides is 1. The zero-order chi connectivity index (χ0) is 18.1. The fourth-order valence-corrected chi connectivity index (χ4v) is 2.22. The minimum atomic E-state index is -5.94. The van der Waals surface area contributed by atoms with Crippen LogP contribution in [0.4, 0.5) is 31.1 Å². The highest BCUT2D eigenvalue weighted by molar-refractivity contribution is 7.90. The van der Waals surface area contributed by atoms with E-state index in [9.17, 15) is 39.6 Å². The van der Waals surface area contributed by atoms with Crippen LogP contribution >= 0.6 is 0 Å². The molecule has 12 heteroatoms. The van der Waals surface area contributed by atoms with Crippen molar-refractivity contribution in [3.8, 4) is 0 Å². The van der Waals surface area contributed by atoms with Crippen LogP contribution in [0, 0.1) is 6.92 Å². The van der Waals surface area contributed by atoms with Crippen LogP contribution in [0.3, 0.4) is 0 Å². The molecule has 0 aliphatic carbocycles. The van der Waals surface area contributed by atoms with Crippen molar-refractivity contribution in [2.45, 2.75) is 30.3 Å². The number of aryl methyl sites for hydroxylation is 1. The molecule has 1 aromatic rings. The lowest BCUT2D eigenvalue weighted by molar-refractivity contribution is -0.306. The number of alkyl halides is 6. The van der Waals surface area contributed by atoms with Crippen molar-refractivity contribution < 1.29 is 44.3 Å². The van der Waals surface area contributed by atoms with Gasteiger partial charge in [0.05, 0.1) is 4.90 Å². The Morgan fingerprint density at radius 2 is 1.48 bits per heavy atom. The molecule has 5 nitrogen and oxygen atoms in total. The van der Waals surface area contributed by atoms with E-state index in [-0.39, 0.29) is 0 Å². The van der Waals surface area contributed by atoms with E-state index in [1.54, 1.807) is 6.92 Å². The van der Waals surface area contributed by atoms with E-state index < -0.39 is 39.5 Å². The molecule has 0 spiro atoms. The lowest BCUT2D eigenvalue weighted by atomic mass is 10.2. The first kappa shape index (κ1) is 19.1. The van der Waals surface area contributed by atoms with Gasteiger partial charge in [0.15, 0.2) is 0 Å². The van der Waals surface area contributed by atoms with Gasteiger partial charge < -0.3 is 4.74 Å². The molecule has 23 heavy (non-hydrogen) atoms. The zero-order valence-corrected chi connectivity index (χ0v) is 12.0. The molecule has 0 atom stereocenters. The molecule has 0 fully saturated rings. The molecular weight excluding hydrogens is 356 g/mol. The zero-order valence-electron chi connectivity index (χ0n) is 11.2. The molecule has 1 amide bonds. The van der Waals surface area contributed by atoms with Gasteiger partial charge >= 0.3 is 18.4 Å². The molecule has 0 heterocycles. The molecule has 0 saturated heterocycles. The molecule has 0 saturated carbocycles. The highest BCUT2D eigenvalue weighted by Gasteiger charge is 2.60. The normalized spacial score (nSPS) is 13.0. The molecule has 0 aliphatic rings. The molecule has 0 unspecified atom stereocenters. The van der Waals surface area contributed by atoms with E-state index in [0.717, 1.165) is 16.9 Å². The molecule has 0 bridgehead atoms. The minimum Gasteiger partial charge on any atom is -0.426 e. The number of ether oxygens (including phenoxy) is 1. The molecule has 130 valence electrons. The van der Waals surface area contributed by atoms with E-state index in [2.05, 4.69) is 4.74 Å². The Labute approximate surface area is 126 Å². The number of halogens is 6. The van der Waals surface area contributed by atoms with E-state index in [1.165, 1.54) is 12.1 Å². The van der Waals surface area contributed by atoms with Gasteiger partial charge in [0.2, 0.25) is 0 Å². The monoisotopic (exact) mass is 365 g/mol. The van der Waals surface area contributed by atoms with E-state index >= 15 is 0 Å². The quantitative estimate of drug-likeness (QED) is 0.836. The number of carbonyl (C=O) groups excluding carboxylic acids is 1. The Morgan fingerprint density at radius 3 is 1.87 bits per heavy atom. The Morgan fingerprint density at radius 1 is 1.04 bits per heavy atom. The van der Waals surface area contributed by atoms with Gasteiger partial charge in [-0.2, -0.15) is 26.3 Å². The van der Waals surface area contributed by atoms with Crippen LogP contribution in [0.25, 0.3) is 0 Å². The molecule has 0 aliphatic heterocycles. The molecule has 1 rings (SSSR count). The minimum absolute atomic E-state index is 0.532. The predicted octanol–water partition coefficient (Wildman–Crippen LogP) is 2.90. The smallest absolute Gasteiger partial charge is 0.426 e. The van der Waals surface area contributed by atoms with Crippen LogP contribution < -0.4 is 4.72 Å². The van der Waals surface area contributed by atoms with Gasteiger partial charge in [-0.25, -0.2) is 17.9 Å². The summed E-state index contributed by atoms with van der Waals surface area (Å²) in [6.07, 6.45) is -18.7. The topological polar surface area (TPSA) is 72.5 Å². The summed E-state index contributed by atoms with van der Waals surface area (Å²) in [5.41, 5.74) is 0.640. The lowest BCUT2D eigenvalue weighted by Crippen LogP contribution is -2.48. The van der Waals surface area contributed by atoms with Gasteiger partial charge in [-0.3, -0.25) is 0 Å². The van der Waals surface area contributed by atoms with Crippen LogP contribution in [-0.4, -0.2) is 33.0 Å². The summed E-state index contributed by atoms with van der Waals surface area (Å²) in [5, 5.41) is 0. The maximum Gasteiger partial charge on any atom is 0.434 e. The number of benzene rings is 1. The molecule has 1 aromatic carbocycles. The maximum atomic E-state index is 12.2. The number of rotatable bonds is 3. The SMILES string of the molecule is Cc1ccc(S(=O)(=O)NC(=O)OC(C(F)(F)F)C(F)(F)F)cc1. The summed E-state index contributed by atoms with van der Waals surface area (Å²) in [4.78, 5) is 10.6. The first-order valence-electron chi connectivity index (χ1n) is 5.67. The summed E-state index contributed by atoms with van der Waals surface area (Å²) in [7, 11) is -4.67. The third kappa shape index (κ3) is 5.30. The Kier molecular flexibility index (Phi) is 5.19. The lowest BCUT2D eigenvalue weighted by Gasteiger charge is -2.22. The summed E-state index contributed by atoms with van der Waals surface area (Å²) < 4.78 is 101. The van der Waals surface area contributed by atoms with E-state index in [4.69, 9.17) is 0 Å². The summed E-state index contributed by atoms with van der Waals surface area (Å²) >= 11 is 0. The number of hydrogen-bond acceptors (Lipinski definition) is 4. The van der Waals surface area contributed by atoms with Crippen LogP contribution in [0.15, 0.2) is 29.2 Å². The van der Waals surface area contributed by atoms with Crippen LogP contribution in [-0.2, 0) is 14.8 Å². The van der Waals surface area contributed by atoms with Crippen molar-refractivity contribution in [2.24, 2.45) is 0 Å². The number of hydrogen-bond donors (Lipinski definition) is 1. The predicted molar refractivity (Wildman–Crippen MR) is 63.9 cm³/mol. The van der Waals surface area contributed by atoms with Crippen molar-refractivity contribution >= 4 is 16.1 Å². The maximum absolute atomic E-state index is 12.2. The fraction of sp³-hybridized carbons (Fsp3) is 0.364. The molecule has 0 aromatic heterocycles. The average molecular weight is 365 g/mol. The van der Waals surface area contributed by atoms with Crippen molar-refractivity contribution in [3.63, 3.8) is 0 Å². The highest BCUT2D eigenvalue weighted by atomic mass is 32.2. The average Bonchev–Trinajstić information content (AvgIpc) is 2.33. The Hall–Kier alpha value is -1.98. The largest absolute Gasteiger partial charge is 0.434 e. The summed E-state index contributed by atoms with van der Waals surface area (Å²) in [6.45, 7) is 1.61. The highest BCUT2D eigenvalue weighted by Crippen LogP contribution is 2.35. The van der Waals surface area contributed by atoms with Gasteiger partial charge in [-0.1, -0.05) is 17.7 Å². The van der Waals surface area contributed by atoms with Crippen LogP contribution in [0.2, 0.25) is 0 Å². The second kappa shape index (κ2) is 6.26. The van der Waals surface area contributed by atoms with Gasteiger partial charge in [0, 0.05) is 0 Å². The summed E-state index contributed by atoms with van der Waals surface area (Å²) in [6, 6.07) is 4.65. The van der Waals surface area contributed by atoms with Gasteiger partial charge in [0.25, 0.3) is 16.1 Å². The number of carbonyl (C=O) groups is 1. The number of nitrogens with one attached hydrogen (secondary N) is 1. The van der Waals surface area contributed by atoms with Crippen LogP contribution in [0.1, 0.15) is 5.56 Å². The third-order valence-electron chi connectivity index (χ3n) is 2.37. The summed E-state index contributed by atoms with van der Waals surface area (Å²) in [5.74, 6) is 0. The van der Waals surface area contributed by atoms with E-state index in [1.807, 2.05) is 0 Å². The first-order chi connectivity index (χ1) is 10.2. The second-order valence-corrected chi connectivity index (χ2v) is 5.97. The standard InChI is InChI=1S/C11H9F6NO4S/c1-6-2-4-7(5-3-6)23(20,21)18-9(19)22-8(10(12,13)14)11(15,16)17/h2-5,8H,1H3,(H,18,19). The molecule has 0 radical (unpaired) electrons. The second-order valence-electron chi connectivity index (χ2n) is 4.29. The third-order valence-corrected chi connectivity index (χ3v) is 3.70. The molecular formula is C11H9F6NO4S. The van der Waals surface area contributed by atoms with Gasteiger partial charge in [-0.05, 0) is 19.1 Å². The fourth-order valence-electron chi connectivity index (χ4n) is 1.34. The molecule has 1 N–H and O–H groups in total. The van der Waals surface area contributed by atoms with Gasteiger partial charge in [-0.15, -0.1) is 0 Å². The Balaban J connectivity index is 2.92. The number of sulfonamides is 1. The van der Waals surface area contributed by atoms with Crippen molar-refractivity contribution in [2.75, 3.05) is 0 Å². The van der Waals surface area contributed by atoms with Crippen molar-refractivity contribution in [3.05, 3.63) is 29.8 Å². The first-order valence-corrected chi connectivity index (χ1v) is 7.15.